The molecule has 96 valence electrons. The molecule has 1 aliphatic rings. The molecule has 3 N–H and O–H groups in total. The molecule has 0 spiro atoms. The number of aliphatic hydroxyl groups is 1. The number of aromatic nitrogens is 4. The molecule has 6 nitrogen and oxygen atoms in total. The lowest BCUT2D eigenvalue weighted by atomic mass is 10.1. The molecule has 8 heteroatoms. The minimum absolute atomic E-state index is 0. The maximum atomic E-state index is 9.43. The van der Waals surface area contributed by atoms with Gasteiger partial charge in [0.25, 0.3) is 0 Å². The Morgan fingerprint density at radius 2 is 2.17 bits per heavy atom. The van der Waals surface area contributed by atoms with Crippen molar-refractivity contribution in [2.45, 2.75) is 18.4 Å². The summed E-state index contributed by atoms with van der Waals surface area (Å²) in [5, 5.41) is 9.71. The SMILES string of the molecule is Cl.Nn1cnc2nc([C@H]3C=C[C@@H](O)C3)nc(Cl)c21. The van der Waals surface area contributed by atoms with Crippen LogP contribution in [0.4, 0.5) is 0 Å². The van der Waals surface area contributed by atoms with E-state index in [1.165, 1.54) is 11.0 Å². The highest BCUT2D eigenvalue weighted by Crippen LogP contribution is 2.28. The molecule has 0 aliphatic heterocycles. The third-order valence-corrected chi connectivity index (χ3v) is 3.06. The van der Waals surface area contributed by atoms with E-state index in [-0.39, 0.29) is 23.5 Å². The Morgan fingerprint density at radius 3 is 2.83 bits per heavy atom. The van der Waals surface area contributed by atoms with Gasteiger partial charge in [-0.25, -0.2) is 19.6 Å². The lowest BCUT2D eigenvalue weighted by Crippen LogP contribution is -2.09. The number of nitrogen functional groups attached to an aromatic ring is 1. The summed E-state index contributed by atoms with van der Waals surface area (Å²) in [6, 6.07) is 0. The largest absolute Gasteiger partial charge is 0.389 e. The van der Waals surface area contributed by atoms with E-state index in [0.717, 1.165) is 0 Å². The van der Waals surface area contributed by atoms with E-state index in [4.69, 9.17) is 17.4 Å². The van der Waals surface area contributed by atoms with Crippen LogP contribution in [0.25, 0.3) is 11.2 Å². The fraction of sp³-hybridized carbons (Fsp3) is 0.300. The molecule has 2 heterocycles. The first-order valence-corrected chi connectivity index (χ1v) is 5.55. The summed E-state index contributed by atoms with van der Waals surface area (Å²) < 4.78 is 1.29. The Bertz CT molecular complexity index is 612. The molecule has 2 aromatic heterocycles. The number of nitrogens with two attached hydrogens (primary N) is 1. The summed E-state index contributed by atoms with van der Waals surface area (Å²) in [6.45, 7) is 0. The van der Waals surface area contributed by atoms with Crippen LogP contribution in [0, 0.1) is 0 Å². The van der Waals surface area contributed by atoms with Gasteiger partial charge in [-0.3, -0.25) is 0 Å². The fourth-order valence-corrected chi connectivity index (χ4v) is 2.22. The summed E-state index contributed by atoms with van der Waals surface area (Å²) in [6.07, 6.45) is 5.18. The molecule has 18 heavy (non-hydrogen) atoms. The van der Waals surface area contributed by atoms with Gasteiger partial charge in [0.05, 0.1) is 6.10 Å². The zero-order valence-electron chi connectivity index (χ0n) is 9.19. The molecule has 0 aromatic carbocycles. The summed E-state index contributed by atoms with van der Waals surface area (Å²) in [4.78, 5) is 12.6. The van der Waals surface area contributed by atoms with Gasteiger partial charge in [0.15, 0.2) is 10.8 Å². The van der Waals surface area contributed by atoms with Gasteiger partial charge >= 0.3 is 0 Å². The van der Waals surface area contributed by atoms with Gasteiger partial charge in [0.1, 0.15) is 17.7 Å². The first-order chi connectivity index (χ1) is 8.15. The Hall–Kier alpha value is -1.37. The Kier molecular flexibility index (Phi) is 3.43. The standard InChI is InChI=1S/C10H10ClN5O.ClH/c11-8-7-10(13-4-16(7)12)15-9(14-8)5-1-2-6(17)3-5;/h1-2,4-6,17H,3,12H2;1H/t5-,6+;/m0./s1. The van der Waals surface area contributed by atoms with Crippen molar-refractivity contribution in [2.24, 2.45) is 0 Å². The first kappa shape index (κ1) is 13.1. The van der Waals surface area contributed by atoms with Gasteiger partial charge in [-0.15, -0.1) is 12.4 Å². The Morgan fingerprint density at radius 1 is 1.39 bits per heavy atom. The molecule has 2 aromatic rings. The van der Waals surface area contributed by atoms with E-state index in [0.29, 0.717) is 23.4 Å². The number of hydrogen-bond donors (Lipinski definition) is 2. The van der Waals surface area contributed by atoms with Crippen molar-refractivity contribution < 1.29 is 5.11 Å². The summed E-state index contributed by atoms with van der Waals surface area (Å²) >= 11 is 6.05. The van der Waals surface area contributed by atoms with Gasteiger partial charge in [0, 0.05) is 5.92 Å². The predicted octanol–water partition coefficient (Wildman–Crippen LogP) is 1.02. The third-order valence-electron chi connectivity index (χ3n) is 2.80. The monoisotopic (exact) mass is 287 g/mol. The molecule has 1 aliphatic carbocycles. The average molecular weight is 288 g/mol. The molecule has 0 fully saturated rings. The molecule has 0 radical (unpaired) electrons. The molecule has 0 unspecified atom stereocenters. The number of hydrogen-bond acceptors (Lipinski definition) is 5. The van der Waals surface area contributed by atoms with Crippen molar-refractivity contribution in [2.75, 3.05) is 5.84 Å². The second kappa shape index (κ2) is 4.72. The van der Waals surface area contributed by atoms with Crippen LogP contribution in [0.3, 0.4) is 0 Å². The molecular weight excluding hydrogens is 277 g/mol. The summed E-state index contributed by atoms with van der Waals surface area (Å²) in [5.41, 5.74) is 0.982. The number of imidazole rings is 1. The van der Waals surface area contributed by atoms with Crippen LogP contribution in [0.2, 0.25) is 5.15 Å². The van der Waals surface area contributed by atoms with Crippen molar-refractivity contribution in [3.05, 3.63) is 29.5 Å². The molecular formula is C10H11Cl2N5O. The van der Waals surface area contributed by atoms with Crippen LogP contribution >= 0.6 is 24.0 Å². The van der Waals surface area contributed by atoms with E-state index in [2.05, 4.69) is 15.0 Å². The lowest BCUT2D eigenvalue weighted by molar-refractivity contribution is 0.217. The van der Waals surface area contributed by atoms with Gasteiger partial charge < -0.3 is 10.9 Å². The van der Waals surface area contributed by atoms with Gasteiger partial charge in [0.2, 0.25) is 0 Å². The predicted molar refractivity (Wildman–Crippen MR) is 70.2 cm³/mol. The smallest absolute Gasteiger partial charge is 0.184 e. The highest BCUT2D eigenvalue weighted by Gasteiger charge is 2.22. The first-order valence-electron chi connectivity index (χ1n) is 5.17. The normalized spacial score (nSPS) is 22.3. The minimum Gasteiger partial charge on any atom is -0.389 e. The van der Waals surface area contributed by atoms with E-state index in [1.807, 2.05) is 6.08 Å². The Balaban J connectivity index is 0.00000120. The number of allylic oxidation sites excluding steroid dienone is 1. The fourth-order valence-electron chi connectivity index (χ4n) is 1.96. The number of aliphatic hydroxyl groups excluding tert-OH is 1. The second-order valence-corrected chi connectivity index (χ2v) is 4.35. The van der Waals surface area contributed by atoms with E-state index in [9.17, 15) is 5.11 Å². The summed E-state index contributed by atoms with van der Waals surface area (Å²) in [5.74, 6) is 6.18. The number of halogens is 2. The van der Waals surface area contributed by atoms with Crippen molar-refractivity contribution >= 4 is 35.2 Å². The van der Waals surface area contributed by atoms with E-state index >= 15 is 0 Å². The molecule has 0 saturated heterocycles. The van der Waals surface area contributed by atoms with Crippen LogP contribution in [0.5, 0.6) is 0 Å². The van der Waals surface area contributed by atoms with Gasteiger partial charge in [-0.2, -0.15) is 0 Å². The van der Waals surface area contributed by atoms with Crippen LogP contribution in [0.1, 0.15) is 18.2 Å². The quantitative estimate of drug-likeness (QED) is 0.464. The zero-order chi connectivity index (χ0) is 12.0. The van der Waals surface area contributed by atoms with E-state index < -0.39 is 6.10 Å². The lowest BCUT2D eigenvalue weighted by Gasteiger charge is -2.07. The van der Waals surface area contributed by atoms with Crippen molar-refractivity contribution in [1.29, 1.82) is 0 Å². The molecule has 3 rings (SSSR count). The van der Waals surface area contributed by atoms with E-state index in [1.54, 1.807) is 6.08 Å². The van der Waals surface area contributed by atoms with Crippen molar-refractivity contribution in [1.82, 2.24) is 19.6 Å². The second-order valence-electron chi connectivity index (χ2n) is 3.99. The summed E-state index contributed by atoms with van der Waals surface area (Å²) in [7, 11) is 0. The van der Waals surface area contributed by atoms with Crippen LogP contribution < -0.4 is 5.84 Å². The van der Waals surface area contributed by atoms with Crippen LogP contribution in [-0.2, 0) is 0 Å². The highest BCUT2D eigenvalue weighted by molar-refractivity contribution is 6.33. The molecule has 2 atom stereocenters. The number of fused-ring (bicyclic) bond motifs is 1. The average Bonchev–Trinajstić information content (AvgIpc) is 2.86. The van der Waals surface area contributed by atoms with Gasteiger partial charge in [-0.05, 0) is 6.42 Å². The Labute approximate surface area is 114 Å². The van der Waals surface area contributed by atoms with Gasteiger partial charge in [-0.1, -0.05) is 23.8 Å². The number of nitrogens with zero attached hydrogens (tertiary/aromatic N) is 4. The zero-order valence-corrected chi connectivity index (χ0v) is 10.8. The topological polar surface area (TPSA) is 89.9 Å². The highest BCUT2D eigenvalue weighted by atomic mass is 35.5. The van der Waals surface area contributed by atoms with Crippen LogP contribution in [0.15, 0.2) is 18.5 Å². The maximum Gasteiger partial charge on any atom is 0.184 e. The molecule has 0 saturated carbocycles. The molecule has 0 bridgehead atoms. The van der Waals surface area contributed by atoms with Crippen molar-refractivity contribution in [3.63, 3.8) is 0 Å². The maximum absolute atomic E-state index is 9.43. The minimum atomic E-state index is -0.440. The molecule has 0 amide bonds. The third kappa shape index (κ3) is 2.03. The number of rotatable bonds is 1. The van der Waals surface area contributed by atoms with Crippen LogP contribution in [-0.4, -0.2) is 30.8 Å². The van der Waals surface area contributed by atoms with Crippen molar-refractivity contribution in [3.8, 4) is 0 Å².